The molecule has 1 aliphatic rings. The van der Waals surface area contributed by atoms with Crippen LogP contribution in [0.1, 0.15) is 17.4 Å². The van der Waals surface area contributed by atoms with E-state index < -0.39 is 15.2 Å². The number of sulfone groups is 1. The van der Waals surface area contributed by atoms with Gasteiger partial charge in [0.1, 0.15) is 0 Å². The van der Waals surface area contributed by atoms with Crippen LogP contribution in [0.2, 0.25) is 0 Å². The van der Waals surface area contributed by atoms with Crippen LogP contribution in [0.15, 0.2) is 12.1 Å². The van der Waals surface area contributed by atoms with Crippen LogP contribution < -0.4 is 14.2 Å². The van der Waals surface area contributed by atoms with Gasteiger partial charge in [-0.05, 0) is 24.5 Å². The van der Waals surface area contributed by atoms with Gasteiger partial charge in [0.25, 0.3) is 0 Å². The first-order valence-corrected chi connectivity index (χ1v) is 8.82. The third kappa shape index (κ3) is 3.21. The lowest BCUT2D eigenvalue weighted by Crippen LogP contribution is -2.12. The van der Waals surface area contributed by atoms with Crippen molar-refractivity contribution in [3.05, 3.63) is 17.7 Å². The van der Waals surface area contributed by atoms with E-state index in [1.54, 1.807) is 19.2 Å². The van der Waals surface area contributed by atoms with Crippen molar-refractivity contribution >= 4 is 21.4 Å². The standard InChI is InChI=1S/C14H19ClO5S/c1-18-11-5-4-10(13(19-2)14(11)20-3)12(15)9-6-7-21(16,17)8-9/h4-5,9,12H,6-8H2,1-3H3. The van der Waals surface area contributed by atoms with Crippen molar-refractivity contribution in [1.82, 2.24) is 0 Å². The van der Waals surface area contributed by atoms with Gasteiger partial charge in [0.05, 0.1) is 38.2 Å². The summed E-state index contributed by atoms with van der Waals surface area (Å²) in [5.41, 5.74) is 0.721. The van der Waals surface area contributed by atoms with Gasteiger partial charge in [0.2, 0.25) is 5.75 Å². The lowest BCUT2D eigenvalue weighted by atomic mass is 9.97. The minimum absolute atomic E-state index is 0.110. The minimum atomic E-state index is -2.98. The van der Waals surface area contributed by atoms with Crippen molar-refractivity contribution in [3.8, 4) is 17.2 Å². The van der Waals surface area contributed by atoms with Gasteiger partial charge < -0.3 is 14.2 Å². The van der Waals surface area contributed by atoms with E-state index in [-0.39, 0.29) is 17.4 Å². The van der Waals surface area contributed by atoms with E-state index in [2.05, 4.69) is 0 Å². The summed E-state index contributed by atoms with van der Waals surface area (Å²) >= 11 is 6.51. The fraction of sp³-hybridized carbons (Fsp3) is 0.571. The maximum absolute atomic E-state index is 11.6. The predicted molar refractivity (Wildman–Crippen MR) is 81.5 cm³/mol. The van der Waals surface area contributed by atoms with E-state index >= 15 is 0 Å². The molecule has 0 bridgehead atoms. The largest absolute Gasteiger partial charge is 0.493 e. The number of benzene rings is 1. The first-order chi connectivity index (χ1) is 9.93. The summed E-state index contributed by atoms with van der Waals surface area (Å²) in [5, 5.41) is -0.447. The summed E-state index contributed by atoms with van der Waals surface area (Å²) in [6.07, 6.45) is 0.563. The Labute approximate surface area is 130 Å². The Bertz CT molecular complexity index is 614. The van der Waals surface area contributed by atoms with Gasteiger partial charge in [-0.1, -0.05) is 0 Å². The molecule has 21 heavy (non-hydrogen) atoms. The van der Waals surface area contributed by atoms with Crippen LogP contribution in [0.3, 0.4) is 0 Å². The summed E-state index contributed by atoms with van der Waals surface area (Å²) in [4.78, 5) is 0. The van der Waals surface area contributed by atoms with Gasteiger partial charge in [-0.25, -0.2) is 8.42 Å². The molecule has 0 N–H and O–H groups in total. The fourth-order valence-corrected chi connectivity index (χ4v) is 4.98. The van der Waals surface area contributed by atoms with Crippen LogP contribution in [-0.2, 0) is 9.84 Å². The van der Waals surface area contributed by atoms with Gasteiger partial charge in [-0.3, -0.25) is 0 Å². The van der Waals surface area contributed by atoms with Crippen molar-refractivity contribution in [2.24, 2.45) is 5.92 Å². The summed E-state index contributed by atoms with van der Waals surface area (Å²) in [6.45, 7) is 0. The molecule has 2 unspecified atom stereocenters. The maximum atomic E-state index is 11.6. The first-order valence-electron chi connectivity index (χ1n) is 6.57. The van der Waals surface area contributed by atoms with Crippen LogP contribution in [0.5, 0.6) is 17.2 Å². The summed E-state index contributed by atoms with van der Waals surface area (Å²) in [6, 6.07) is 3.54. The van der Waals surface area contributed by atoms with E-state index in [1.165, 1.54) is 14.2 Å². The van der Waals surface area contributed by atoms with E-state index in [0.717, 1.165) is 5.56 Å². The number of methoxy groups -OCH3 is 3. The quantitative estimate of drug-likeness (QED) is 0.774. The Morgan fingerprint density at radius 3 is 2.29 bits per heavy atom. The molecule has 1 aromatic carbocycles. The van der Waals surface area contributed by atoms with E-state index in [1.807, 2.05) is 0 Å². The Balaban J connectivity index is 2.39. The lowest BCUT2D eigenvalue weighted by molar-refractivity contribution is 0.320. The monoisotopic (exact) mass is 334 g/mol. The highest BCUT2D eigenvalue weighted by Gasteiger charge is 2.35. The highest BCUT2D eigenvalue weighted by Crippen LogP contribution is 2.47. The van der Waals surface area contributed by atoms with Crippen molar-refractivity contribution in [3.63, 3.8) is 0 Å². The first kappa shape index (κ1) is 16.2. The zero-order chi connectivity index (χ0) is 15.6. The molecule has 0 aromatic heterocycles. The average Bonchev–Trinajstić information content (AvgIpc) is 2.84. The van der Waals surface area contributed by atoms with Gasteiger partial charge in [-0.15, -0.1) is 11.6 Å². The number of hydrogen-bond donors (Lipinski definition) is 0. The number of halogens is 1. The summed E-state index contributed by atoms with van der Waals surface area (Å²) in [7, 11) is 1.61. The van der Waals surface area contributed by atoms with Crippen LogP contribution in [0, 0.1) is 5.92 Å². The molecule has 2 atom stereocenters. The highest BCUT2D eigenvalue weighted by molar-refractivity contribution is 7.91. The smallest absolute Gasteiger partial charge is 0.203 e. The molecule has 1 saturated heterocycles. The van der Waals surface area contributed by atoms with Gasteiger partial charge in [-0.2, -0.15) is 0 Å². The van der Waals surface area contributed by atoms with Crippen molar-refractivity contribution in [2.45, 2.75) is 11.8 Å². The second kappa shape index (κ2) is 6.32. The van der Waals surface area contributed by atoms with Gasteiger partial charge >= 0.3 is 0 Å². The van der Waals surface area contributed by atoms with E-state index in [0.29, 0.717) is 23.7 Å². The molecule has 1 aromatic rings. The molecule has 1 fully saturated rings. The third-order valence-corrected chi connectivity index (χ3v) is 6.10. The number of ether oxygens (including phenoxy) is 3. The molecule has 2 rings (SSSR count). The zero-order valence-corrected chi connectivity index (χ0v) is 13.8. The minimum Gasteiger partial charge on any atom is -0.493 e. The van der Waals surface area contributed by atoms with E-state index in [9.17, 15) is 8.42 Å². The van der Waals surface area contributed by atoms with Crippen molar-refractivity contribution in [2.75, 3.05) is 32.8 Å². The Morgan fingerprint density at radius 2 is 1.81 bits per heavy atom. The van der Waals surface area contributed by atoms with Crippen molar-refractivity contribution < 1.29 is 22.6 Å². The number of hydrogen-bond acceptors (Lipinski definition) is 5. The van der Waals surface area contributed by atoms with Gasteiger partial charge in [0.15, 0.2) is 21.3 Å². The lowest BCUT2D eigenvalue weighted by Gasteiger charge is -2.21. The number of rotatable bonds is 5. The molecule has 5 nitrogen and oxygen atoms in total. The van der Waals surface area contributed by atoms with Crippen molar-refractivity contribution in [1.29, 1.82) is 0 Å². The average molecular weight is 335 g/mol. The molecule has 0 aliphatic carbocycles. The molecule has 1 aliphatic heterocycles. The second-order valence-electron chi connectivity index (χ2n) is 4.99. The molecule has 0 spiro atoms. The molecular weight excluding hydrogens is 316 g/mol. The molecule has 0 amide bonds. The molecule has 1 heterocycles. The Hall–Kier alpha value is -1.14. The topological polar surface area (TPSA) is 61.8 Å². The van der Waals surface area contributed by atoms with E-state index in [4.69, 9.17) is 25.8 Å². The number of alkyl halides is 1. The zero-order valence-electron chi connectivity index (χ0n) is 12.3. The Morgan fingerprint density at radius 1 is 1.14 bits per heavy atom. The van der Waals surface area contributed by atoms with Crippen LogP contribution in [0.4, 0.5) is 0 Å². The molecular formula is C14H19ClO5S. The Kier molecular flexibility index (Phi) is 4.88. The SMILES string of the molecule is COc1ccc(C(Cl)C2CCS(=O)(=O)C2)c(OC)c1OC. The predicted octanol–water partition coefficient (Wildman–Crippen LogP) is 2.43. The molecule has 0 radical (unpaired) electrons. The second-order valence-corrected chi connectivity index (χ2v) is 7.69. The van der Waals surface area contributed by atoms with Crippen LogP contribution in [0.25, 0.3) is 0 Å². The summed E-state index contributed by atoms with van der Waals surface area (Å²) in [5.74, 6) is 1.67. The van der Waals surface area contributed by atoms with Crippen LogP contribution in [-0.4, -0.2) is 41.3 Å². The van der Waals surface area contributed by atoms with Crippen LogP contribution >= 0.6 is 11.6 Å². The molecule has 0 saturated carbocycles. The molecule has 118 valence electrons. The third-order valence-electron chi connectivity index (χ3n) is 3.71. The normalized spacial score (nSPS) is 21.8. The maximum Gasteiger partial charge on any atom is 0.203 e. The summed E-state index contributed by atoms with van der Waals surface area (Å²) < 4.78 is 39.2. The fourth-order valence-electron chi connectivity index (χ4n) is 2.65. The highest BCUT2D eigenvalue weighted by atomic mass is 35.5. The molecule has 7 heteroatoms. The van der Waals surface area contributed by atoms with Gasteiger partial charge in [0, 0.05) is 5.56 Å².